The zero-order chi connectivity index (χ0) is 15.9. The van der Waals surface area contributed by atoms with Gasteiger partial charge in [0.1, 0.15) is 17.4 Å². The first-order valence-electron chi connectivity index (χ1n) is 6.84. The molecule has 4 nitrogen and oxygen atoms in total. The SMILES string of the molecule is CCOc1ccc(NC(=O)/C(C#N)=C/c2sccc2C)cc1. The molecule has 1 aromatic carbocycles. The van der Waals surface area contributed by atoms with Crippen LogP contribution in [0.3, 0.4) is 0 Å². The maximum atomic E-state index is 12.2. The minimum absolute atomic E-state index is 0.0828. The molecule has 0 unspecified atom stereocenters. The van der Waals surface area contributed by atoms with Crippen LogP contribution in [0.5, 0.6) is 5.75 Å². The number of nitrogens with zero attached hydrogens (tertiary/aromatic N) is 1. The predicted molar refractivity (Wildman–Crippen MR) is 88.9 cm³/mol. The van der Waals surface area contributed by atoms with Crippen molar-refractivity contribution in [3.8, 4) is 11.8 Å². The second kappa shape index (κ2) is 7.43. The molecule has 0 spiro atoms. The van der Waals surface area contributed by atoms with E-state index in [0.29, 0.717) is 12.3 Å². The van der Waals surface area contributed by atoms with Gasteiger partial charge in [0, 0.05) is 10.6 Å². The first-order chi connectivity index (χ1) is 10.6. The number of carbonyl (C=O) groups is 1. The van der Waals surface area contributed by atoms with Crippen molar-refractivity contribution in [3.05, 3.63) is 51.7 Å². The van der Waals surface area contributed by atoms with Gasteiger partial charge in [-0.1, -0.05) is 0 Å². The highest BCUT2D eigenvalue weighted by Gasteiger charge is 2.10. The average Bonchev–Trinajstić information content (AvgIpc) is 2.92. The van der Waals surface area contributed by atoms with Crippen LogP contribution in [0.1, 0.15) is 17.4 Å². The third kappa shape index (κ3) is 3.96. The Morgan fingerprint density at radius 1 is 1.36 bits per heavy atom. The number of hydrogen-bond acceptors (Lipinski definition) is 4. The highest BCUT2D eigenvalue weighted by atomic mass is 32.1. The van der Waals surface area contributed by atoms with Crippen molar-refractivity contribution in [1.29, 1.82) is 5.26 Å². The molecule has 0 saturated carbocycles. The number of rotatable bonds is 5. The quantitative estimate of drug-likeness (QED) is 0.670. The summed E-state index contributed by atoms with van der Waals surface area (Å²) in [6, 6.07) is 10.9. The van der Waals surface area contributed by atoms with Gasteiger partial charge in [-0.15, -0.1) is 11.3 Å². The Morgan fingerprint density at radius 3 is 2.64 bits per heavy atom. The van der Waals surface area contributed by atoms with E-state index in [1.807, 2.05) is 31.4 Å². The topological polar surface area (TPSA) is 62.1 Å². The lowest BCUT2D eigenvalue weighted by molar-refractivity contribution is -0.112. The lowest BCUT2D eigenvalue weighted by Crippen LogP contribution is -2.13. The molecule has 0 bridgehead atoms. The minimum atomic E-state index is -0.417. The second-order valence-corrected chi connectivity index (χ2v) is 5.50. The maximum Gasteiger partial charge on any atom is 0.266 e. The van der Waals surface area contributed by atoms with Crippen molar-refractivity contribution in [2.45, 2.75) is 13.8 Å². The fourth-order valence-corrected chi connectivity index (χ4v) is 2.67. The third-order valence-corrected chi connectivity index (χ3v) is 3.93. The Kier molecular flexibility index (Phi) is 5.34. The molecular formula is C17H16N2O2S. The number of hydrogen-bond donors (Lipinski definition) is 1. The summed E-state index contributed by atoms with van der Waals surface area (Å²) in [5, 5.41) is 13.8. The van der Waals surface area contributed by atoms with E-state index in [1.165, 1.54) is 11.3 Å². The molecule has 2 rings (SSSR count). The summed E-state index contributed by atoms with van der Waals surface area (Å²) in [5.41, 5.74) is 1.75. The van der Waals surface area contributed by atoms with Crippen LogP contribution in [-0.4, -0.2) is 12.5 Å². The number of aryl methyl sites for hydroxylation is 1. The van der Waals surface area contributed by atoms with Gasteiger partial charge in [0.25, 0.3) is 5.91 Å². The highest BCUT2D eigenvalue weighted by molar-refractivity contribution is 7.11. The van der Waals surface area contributed by atoms with E-state index in [9.17, 15) is 10.1 Å². The number of thiophene rings is 1. The first kappa shape index (κ1) is 15.8. The molecule has 0 saturated heterocycles. The molecular weight excluding hydrogens is 296 g/mol. The van der Waals surface area contributed by atoms with E-state index in [1.54, 1.807) is 30.3 Å². The van der Waals surface area contributed by atoms with Crippen molar-refractivity contribution in [3.63, 3.8) is 0 Å². The van der Waals surface area contributed by atoms with Crippen LogP contribution in [0.15, 0.2) is 41.3 Å². The Labute approximate surface area is 133 Å². The monoisotopic (exact) mass is 312 g/mol. The number of ether oxygens (including phenoxy) is 1. The lowest BCUT2D eigenvalue weighted by atomic mass is 10.2. The van der Waals surface area contributed by atoms with Crippen LogP contribution in [0.2, 0.25) is 0 Å². The molecule has 5 heteroatoms. The van der Waals surface area contributed by atoms with Crippen molar-refractivity contribution in [2.75, 3.05) is 11.9 Å². The first-order valence-corrected chi connectivity index (χ1v) is 7.72. The lowest BCUT2D eigenvalue weighted by Gasteiger charge is -2.06. The van der Waals surface area contributed by atoms with Crippen LogP contribution in [0.4, 0.5) is 5.69 Å². The molecule has 1 heterocycles. The number of nitrogens with one attached hydrogen (secondary N) is 1. The zero-order valence-corrected chi connectivity index (χ0v) is 13.2. The van der Waals surface area contributed by atoms with Gasteiger partial charge in [0.15, 0.2) is 0 Å². The molecule has 0 aliphatic rings. The Morgan fingerprint density at radius 2 is 2.09 bits per heavy atom. The molecule has 2 aromatic rings. The van der Waals surface area contributed by atoms with E-state index in [0.717, 1.165) is 16.2 Å². The van der Waals surface area contributed by atoms with Crippen molar-refractivity contribution in [1.82, 2.24) is 0 Å². The average molecular weight is 312 g/mol. The summed E-state index contributed by atoms with van der Waals surface area (Å²) in [6.07, 6.45) is 1.61. The minimum Gasteiger partial charge on any atom is -0.494 e. The standard InChI is InChI=1S/C17H16N2O2S/c1-3-21-15-6-4-14(5-7-15)19-17(20)13(11-18)10-16-12(2)8-9-22-16/h4-10H,3H2,1-2H3,(H,19,20)/b13-10+. The Bertz CT molecular complexity index is 724. The smallest absolute Gasteiger partial charge is 0.266 e. The Hall–Kier alpha value is -2.58. The van der Waals surface area contributed by atoms with Gasteiger partial charge >= 0.3 is 0 Å². The normalized spacial score (nSPS) is 10.9. The number of carbonyl (C=O) groups excluding carboxylic acids is 1. The molecule has 0 fully saturated rings. The molecule has 0 radical (unpaired) electrons. The van der Waals surface area contributed by atoms with Gasteiger partial charge in [-0.3, -0.25) is 4.79 Å². The fraction of sp³-hybridized carbons (Fsp3) is 0.176. The maximum absolute atomic E-state index is 12.2. The molecule has 0 aliphatic carbocycles. The molecule has 112 valence electrons. The van der Waals surface area contributed by atoms with E-state index < -0.39 is 5.91 Å². The third-order valence-electron chi connectivity index (χ3n) is 2.97. The summed E-state index contributed by atoms with van der Waals surface area (Å²) in [6.45, 7) is 4.45. The number of anilines is 1. The second-order valence-electron chi connectivity index (χ2n) is 4.55. The molecule has 1 amide bonds. The predicted octanol–water partition coefficient (Wildman–Crippen LogP) is 4.00. The summed E-state index contributed by atoms with van der Waals surface area (Å²) >= 11 is 1.50. The van der Waals surface area contributed by atoms with Gasteiger partial charge < -0.3 is 10.1 Å². The van der Waals surface area contributed by atoms with Crippen LogP contribution < -0.4 is 10.1 Å². The summed E-state index contributed by atoms with van der Waals surface area (Å²) < 4.78 is 5.34. The Balaban J connectivity index is 2.11. The number of amides is 1. The van der Waals surface area contributed by atoms with Crippen LogP contribution in [-0.2, 0) is 4.79 Å². The summed E-state index contributed by atoms with van der Waals surface area (Å²) in [7, 11) is 0. The van der Waals surface area contributed by atoms with Crippen molar-refractivity contribution < 1.29 is 9.53 Å². The summed E-state index contributed by atoms with van der Waals surface area (Å²) in [4.78, 5) is 13.1. The summed E-state index contributed by atoms with van der Waals surface area (Å²) in [5.74, 6) is 0.324. The number of benzene rings is 1. The van der Waals surface area contributed by atoms with E-state index in [-0.39, 0.29) is 5.57 Å². The van der Waals surface area contributed by atoms with Gasteiger partial charge in [0.2, 0.25) is 0 Å². The molecule has 0 atom stereocenters. The largest absolute Gasteiger partial charge is 0.494 e. The van der Waals surface area contributed by atoms with Crippen LogP contribution >= 0.6 is 11.3 Å². The highest BCUT2D eigenvalue weighted by Crippen LogP contribution is 2.20. The van der Waals surface area contributed by atoms with Crippen LogP contribution in [0, 0.1) is 18.3 Å². The molecule has 1 aromatic heterocycles. The molecule has 22 heavy (non-hydrogen) atoms. The van der Waals surface area contributed by atoms with Crippen molar-refractivity contribution >= 4 is 29.0 Å². The van der Waals surface area contributed by atoms with Crippen molar-refractivity contribution in [2.24, 2.45) is 0 Å². The van der Waals surface area contributed by atoms with Crippen LogP contribution in [0.25, 0.3) is 6.08 Å². The fourth-order valence-electron chi connectivity index (χ4n) is 1.81. The van der Waals surface area contributed by atoms with E-state index >= 15 is 0 Å². The number of nitriles is 1. The molecule has 1 N–H and O–H groups in total. The van der Waals surface area contributed by atoms with Gasteiger partial charge in [0.05, 0.1) is 6.61 Å². The zero-order valence-electron chi connectivity index (χ0n) is 12.4. The van der Waals surface area contributed by atoms with E-state index in [2.05, 4.69) is 5.32 Å². The van der Waals surface area contributed by atoms with Gasteiger partial charge in [-0.05, 0) is 61.2 Å². The molecule has 0 aliphatic heterocycles. The van der Waals surface area contributed by atoms with E-state index in [4.69, 9.17) is 4.74 Å². The van der Waals surface area contributed by atoms with Gasteiger partial charge in [-0.25, -0.2) is 0 Å². The van der Waals surface area contributed by atoms with Gasteiger partial charge in [-0.2, -0.15) is 5.26 Å².